The third-order valence-electron chi connectivity index (χ3n) is 0. The Labute approximate surface area is 362 Å². The zero-order valence-corrected chi connectivity index (χ0v) is 39.7. The first-order chi connectivity index (χ1) is 6.93. The van der Waals surface area contributed by atoms with Crippen molar-refractivity contribution in [3.05, 3.63) is 0 Å². The number of hydrogen-bond donors (Lipinski definition) is 0. The third kappa shape index (κ3) is 691. The van der Waals surface area contributed by atoms with Crippen LogP contribution in [0.2, 0.25) is 0 Å². The molecule has 0 aliphatic rings. The molecule has 26 heavy (non-hydrogen) atoms. The molecular formula is H4Al3Cs3O16Si4. The zero-order valence-electron chi connectivity index (χ0n) is 13.4. The molecule has 0 bridgehead atoms. The predicted molar refractivity (Wildman–Crippen MR) is 50.8 cm³/mol. The van der Waals surface area contributed by atoms with E-state index in [-0.39, 0.29) is 281 Å². The minimum Gasteiger partial charge on any atom is -0.870 e. The van der Waals surface area contributed by atoms with Crippen LogP contribution in [0.4, 0.5) is 0 Å². The van der Waals surface area contributed by atoms with Gasteiger partial charge >= 0.3 is 259 Å². The summed E-state index contributed by atoms with van der Waals surface area (Å²) in [6.07, 6.45) is 0. The van der Waals surface area contributed by atoms with Crippen LogP contribution in [0.25, 0.3) is 0 Å². The summed E-state index contributed by atoms with van der Waals surface area (Å²) in [5, 5.41) is 0. The summed E-state index contributed by atoms with van der Waals surface area (Å²) in [6.45, 7) is 0. The first-order valence-corrected chi connectivity index (χ1v) is 7.35. The van der Waals surface area contributed by atoms with E-state index < -0.39 is 36.7 Å². The second kappa shape index (κ2) is 86.0. The van der Waals surface area contributed by atoms with E-state index >= 15 is 0 Å². The zero-order chi connectivity index (χ0) is 14.3. The molecule has 0 aliphatic heterocycles. The van der Waals surface area contributed by atoms with Crippen molar-refractivity contribution in [2.45, 2.75) is 0 Å². The molecule has 0 radical (unpaired) electrons. The van der Waals surface area contributed by atoms with Gasteiger partial charge in [0.15, 0.2) is 0 Å². The van der Waals surface area contributed by atoms with Gasteiger partial charge < -0.3 is 78.1 Å². The van der Waals surface area contributed by atoms with Crippen molar-refractivity contribution in [1.82, 2.24) is 0 Å². The Balaban J connectivity index is -0.00000000545. The molecule has 0 aromatic carbocycles. The molecule has 0 spiro atoms. The first kappa shape index (κ1) is 94.8. The van der Waals surface area contributed by atoms with E-state index in [9.17, 15) is 0 Å². The van der Waals surface area contributed by atoms with Gasteiger partial charge in [-0.25, -0.2) is 0 Å². The van der Waals surface area contributed by atoms with Crippen LogP contribution in [0, 0.1) is 0 Å². The summed E-state index contributed by atoms with van der Waals surface area (Å²) in [6, 6.07) is 0. The van der Waals surface area contributed by atoms with Gasteiger partial charge in [0.05, 0.1) is 0 Å². The van der Waals surface area contributed by atoms with Gasteiger partial charge in [-0.3, -0.25) is 0 Å². The maximum atomic E-state index is 8.52. The van der Waals surface area contributed by atoms with Crippen molar-refractivity contribution in [2.24, 2.45) is 0 Å². The summed E-state index contributed by atoms with van der Waals surface area (Å²) in [4.78, 5) is 68.1. The van der Waals surface area contributed by atoms with Crippen molar-refractivity contribution in [3.8, 4) is 0 Å². The molecule has 128 valence electrons. The van der Waals surface area contributed by atoms with E-state index in [0.29, 0.717) is 0 Å². The number of hydrogen-bond acceptors (Lipinski definition) is 16. The summed E-state index contributed by atoms with van der Waals surface area (Å²) in [5.74, 6) is 0. The van der Waals surface area contributed by atoms with Gasteiger partial charge in [-0.05, 0) is 0 Å². The summed E-state index contributed by atoms with van der Waals surface area (Å²) < 4.78 is 34.1. The average molecular weight is 852 g/mol. The van der Waals surface area contributed by atoms with E-state index in [1.807, 2.05) is 0 Å². The third-order valence-corrected chi connectivity index (χ3v) is 0. The SMILES string of the molecule is O=[Si]([O-])[O-].O=[Si]([O-])[O-].O=[Si]([O-])[O-].O=[Si]([O-])[O-].[Al+3].[Al+3].[Al+3].[Cs+].[Cs+].[Cs+].[OH-].[OH-].[OH-].[OH-]. The second-order valence-electron chi connectivity index (χ2n) is 1.00. The van der Waals surface area contributed by atoms with Gasteiger partial charge in [-0.2, -0.15) is 0 Å². The minimum atomic E-state index is -3.63. The minimum absolute atomic E-state index is 0. The van der Waals surface area contributed by atoms with E-state index in [2.05, 4.69) is 0 Å². The van der Waals surface area contributed by atoms with Crippen molar-refractivity contribution in [2.75, 3.05) is 0 Å². The Morgan fingerprint density at radius 2 is 0.346 bits per heavy atom. The van der Waals surface area contributed by atoms with Crippen LogP contribution in [0.15, 0.2) is 0 Å². The molecular weight excluding hydrogens is 848 g/mol. The van der Waals surface area contributed by atoms with Gasteiger partial charge in [0.1, 0.15) is 0 Å². The van der Waals surface area contributed by atoms with E-state index in [4.69, 9.17) is 56.2 Å². The largest absolute Gasteiger partial charge is 3.00 e. The van der Waals surface area contributed by atoms with Crippen LogP contribution >= 0.6 is 0 Å². The fourth-order valence-corrected chi connectivity index (χ4v) is 0. The van der Waals surface area contributed by atoms with Crippen LogP contribution in [0.5, 0.6) is 0 Å². The quantitative estimate of drug-likeness (QED) is 0.204. The number of rotatable bonds is 0. The Kier molecular flexibility index (Phi) is 314. The maximum absolute atomic E-state index is 8.52. The monoisotopic (exact) mass is 852 g/mol. The van der Waals surface area contributed by atoms with Crippen molar-refractivity contribution < 1.29 is 285 Å². The van der Waals surface area contributed by atoms with Crippen molar-refractivity contribution in [3.63, 3.8) is 0 Å². The molecule has 0 aromatic rings. The van der Waals surface area contributed by atoms with Gasteiger partial charge in [0, 0.05) is 36.7 Å². The Morgan fingerprint density at radius 1 is 0.346 bits per heavy atom. The molecule has 26 heteroatoms. The van der Waals surface area contributed by atoms with Crippen molar-refractivity contribution >= 4 is 88.8 Å². The van der Waals surface area contributed by atoms with Crippen LogP contribution in [0.3, 0.4) is 0 Å². The van der Waals surface area contributed by atoms with E-state index in [1.54, 1.807) is 0 Å². The van der Waals surface area contributed by atoms with Crippen molar-refractivity contribution in [1.29, 1.82) is 0 Å². The van der Waals surface area contributed by atoms with Gasteiger partial charge in [0.2, 0.25) is 0 Å². The van der Waals surface area contributed by atoms with Crippen LogP contribution in [0.1, 0.15) is 0 Å². The molecule has 4 N–H and O–H groups in total. The van der Waals surface area contributed by atoms with Gasteiger partial charge in [-0.1, -0.05) is 0 Å². The molecule has 0 rings (SSSR count). The fraction of sp³-hybridized carbons (Fsp3) is 0. The molecule has 0 atom stereocenters. The smallest absolute Gasteiger partial charge is 0.870 e. The van der Waals surface area contributed by atoms with Crippen LogP contribution in [-0.2, 0) is 17.8 Å². The normalized spacial score (nSPS) is 3.69. The predicted octanol–water partition coefficient (Wildman–Crippen LogP) is -22.3. The Morgan fingerprint density at radius 3 is 0.346 bits per heavy atom. The molecule has 0 unspecified atom stereocenters. The topological polar surface area (TPSA) is 373 Å². The molecule has 0 aromatic heterocycles. The maximum Gasteiger partial charge on any atom is 3.00 e. The summed E-state index contributed by atoms with van der Waals surface area (Å²) >= 11 is 0. The molecule has 0 aliphatic carbocycles. The fourth-order valence-electron chi connectivity index (χ4n) is 0. The van der Waals surface area contributed by atoms with E-state index in [0.717, 1.165) is 0 Å². The molecule has 0 fully saturated rings. The van der Waals surface area contributed by atoms with E-state index in [1.165, 1.54) is 0 Å². The average Bonchev–Trinajstić information content (AvgIpc) is 1.76. The molecule has 0 saturated carbocycles. The summed E-state index contributed by atoms with van der Waals surface area (Å²) in [7, 11) is -14.5. The summed E-state index contributed by atoms with van der Waals surface area (Å²) in [5.41, 5.74) is 0. The Hall–Kier alpha value is 6.06. The standard InChI is InChI=1S/3Al.3Cs.4O3Si.4H2O/c;;;;;;4*1-4(2)3;;;;/h;;;;;;;;;;4*1H2/q3*+3;3*+1;4*-2;;;;/p-4. The van der Waals surface area contributed by atoms with Gasteiger partial charge in [0.25, 0.3) is 0 Å². The van der Waals surface area contributed by atoms with Crippen LogP contribution < -0.4 is 245 Å². The first-order valence-electron chi connectivity index (χ1n) is 2.45. The second-order valence-corrected chi connectivity index (χ2v) is 3.00. The molecule has 0 heterocycles. The van der Waals surface area contributed by atoms with Gasteiger partial charge in [-0.15, -0.1) is 0 Å². The van der Waals surface area contributed by atoms with Crippen LogP contribution in [-0.4, -0.2) is 111 Å². The molecule has 0 amide bonds. The molecule has 0 saturated heterocycles. The molecule has 16 nitrogen and oxygen atoms in total. The Bertz CT molecular complexity index is 181.